The molecule has 3 N–H and O–H groups in total. The van der Waals surface area contributed by atoms with E-state index in [4.69, 9.17) is 5.73 Å². The predicted octanol–water partition coefficient (Wildman–Crippen LogP) is 2.42. The van der Waals surface area contributed by atoms with Crippen molar-refractivity contribution in [3.63, 3.8) is 0 Å². The highest BCUT2D eigenvalue weighted by molar-refractivity contribution is 7.99. The zero-order valence-corrected chi connectivity index (χ0v) is 13.1. The van der Waals surface area contributed by atoms with Crippen LogP contribution in [-0.4, -0.2) is 22.6 Å². The summed E-state index contributed by atoms with van der Waals surface area (Å²) in [5.74, 6) is 0.351. The normalized spacial score (nSPS) is 10.3. The van der Waals surface area contributed by atoms with Gasteiger partial charge in [0.25, 0.3) is 5.91 Å². The van der Waals surface area contributed by atoms with E-state index in [1.165, 1.54) is 23.1 Å². The van der Waals surface area contributed by atoms with Gasteiger partial charge in [-0.2, -0.15) is 0 Å². The van der Waals surface area contributed by atoms with Crippen LogP contribution < -0.4 is 11.1 Å². The Morgan fingerprint density at radius 3 is 2.86 bits per heavy atom. The minimum Gasteiger partial charge on any atom is -0.369 e. The van der Waals surface area contributed by atoms with Gasteiger partial charge in [-0.05, 0) is 18.6 Å². The van der Waals surface area contributed by atoms with Crippen LogP contribution in [0.3, 0.4) is 0 Å². The summed E-state index contributed by atoms with van der Waals surface area (Å²) >= 11 is 2.77. The van der Waals surface area contributed by atoms with Crippen molar-refractivity contribution in [2.45, 2.75) is 12.7 Å². The number of carbonyl (C=O) groups excluding carboxylic acids is 2. The molecular formula is C14H15N3O2S2. The van der Waals surface area contributed by atoms with Gasteiger partial charge >= 0.3 is 0 Å². The first-order valence-electron chi connectivity index (χ1n) is 6.23. The third-order valence-corrected chi connectivity index (χ3v) is 4.45. The highest BCUT2D eigenvalue weighted by Gasteiger charge is 2.11. The first-order chi connectivity index (χ1) is 10.1. The number of amides is 2. The molecule has 2 rings (SSSR count). The second-order valence-corrected chi connectivity index (χ2v) is 6.22. The number of hydrogen-bond acceptors (Lipinski definition) is 5. The standard InChI is InChI=1S/C14H15N3O2S2/c1-9-4-2-3-5-11(9)13(19)17-14-16-10(7-21-14)6-20-8-12(15)18/h2-5,7H,6,8H2,1H3,(H2,15,18)(H,16,17,19). The summed E-state index contributed by atoms with van der Waals surface area (Å²) in [5.41, 5.74) is 7.45. The van der Waals surface area contributed by atoms with Crippen molar-refractivity contribution in [1.29, 1.82) is 0 Å². The molecule has 0 spiro atoms. The van der Waals surface area contributed by atoms with E-state index in [1.54, 1.807) is 6.07 Å². The van der Waals surface area contributed by atoms with E-state index in [0.717, 1.165) is 11.3 Å². The summed E-state index contributed by atoms with van der Waals surface area (Å²) in [7, 11) is 0. The summed E-state index contributed by atoms with van der Waals surface area (Å²) in [5, 5.41) is 5.20. The Hall–Kier alpha value is -1.86. The van der Waals surface area contributed by atoms with Crippen LogP contribution >= 0.6 is 23.1 Å². The molecule has 0 unspecified atom stereocenters. The number of nitrogens with one attached hydrogen (secondary N) is 1. The van der Waals surface area contributed by atoms with Gasteiger partial charge < -0.3 is 5.73 Å². The molecule has 1 heterocycles. The van der Waals surface area contributed by atoms with Crippen LogP contribution in [0.25, 0.3) is 0 Å². The van der Waals surface area contributed by atoms with E-state index in [9.17, 15) is 9.59 Å². The fraction of sp³-hybridized carbons (Fsp3) is 0.214. The van der Waals surface area contributed by atoms with E-state index >= 15 is 0 Å². The molecular weight excluding hydrogens is 306 g/mol. The molecule has 110 valence electrons. The molecule has 21 heavy (non-hydrogen) atoms. The van der Waals surface area contributed by atoms with E-state index in [0.29, 0.717) is 16.4 Å². The molecule has 0 fully saturated rings. The van der Waals surface area contributed by atoms with E-state index in [1.807, 2.05) is 30.5 Å². The Kier molecular flexibility index (Phi) is 5.35. The third kappa shape index (κ3) is 4.57. The molecule has 1 aromatic carbocycles. The minimum absolute atomic E-state index is 0.168. The van der Waals surface area contributed by atoms with Crippen LogP contribution in [0.4, 0.5) is 5.13 Å². The zero-order valence-electron chi connectivity index (χ0n) is 11.5. The summed E-state index contributed by atoms with van der Waals surface area (Å²) < 4.78 is 0. The topological polar surface area (TPSA) is 85.1 Å². The third-order valence-electron chi connectivity index (χ3n) is 2.66. The number of primary amides is 1. The van der Waals surface area contributed by atoms with Crippen LogP contribution in [0, 0.1) is 6.92 Å². The van der Waals surface area contributed by atoms with Gasteiger partial charge in [-0.25, -0.2) is 4.98 Å². The van der Waals surface area contributed by atoms with Crippen molar-refractivity contribution in [3.05, 3.63) is 46.5 Å². The van der Waals surface area contributed by atoms with Gasteiger partial charge in [0.2, 0.25) is 5.91 Å². The maximum absolute atomic E-state index is 12.1. The molecule has 0 bridgehead atoms. The number of hydrogen-bond donors (Lipinski definition) is 2. The first kappa shape index (κ1) is 15.5. The molecule has 0 radical (unpaired) electrons. The lowest BCUT2D eigenvalue weighted by atomic mass is 10.1. The maximum atomic E-state index is 12.1. The monoisotopic (exact) mass is 321 g/mol. The van der Waals surface area contributed by atoms with Gasteiger partial charge in [0.05, 0.1) is 11.4 Å². The lowest BCUT2D eigenvalue weighted by Gasteiger charge is -2.04. The second kappa shape index (κ2) is 7.24. The van der Waals surface area contributed by atoms with E-state index in [-0.39, 0.29) is 17.6 Å². The molecule has 0 aliphatic carbocycles. The number of carbonyl (C=O) groups is 2. The van der Waals surface area contributed by atoms with E-state index < -0.39 is 0 Å². The van der Waals surface area contributed by atoms with Crippen LogP contribution in [-0.2, 0) is 10.5 Å². The van der Waals surface area contributed by atoms with Crippen molar-refractivity contribution >= 4 is 40.0 Å². The number of anilines is 1. The minimum atomic E-state index is -0.344. The lowest BCUT2D eigenvalue weighted by Crippen LogP contribution is -2.13. The second-order valence-electron chi connectivity index (χ2n) is 4.37. The van der Waals surface area contributed by atoms with Gasteiger partial charge in [0, 0.05) is 16.7 Å². The zero-order chi connectivity index (χ0) is 15.2. The molecule has 0 aliphatic heterocycles. The quantitative estimate of drug-likeness (QED) is 0.855. The Bertz CT molecular complexity index is 655. The molecule has 0 saturated carbocycles. The number of thiazole rings is 1. The van der Waals surface area contributed by atoms with E-state index in [2.05, 4.69) is 10.3 Å². The van der Waals surface area contributed by atoms with Crippen molar-refractivity contribution in [2.24, 2.45) is 5.73 Å². The van der Waals surface area contributed by atoms with Crippen LogP contribution in [0.15, 0.2) is 29.6 Å². The Labute approximate surface area is 131 Å². The number of rotatable bonds is 6. The first-order valence-corrected chi connectivity index (χ1v) is 8.27. The summed E-state index contributed by atoms with van der Waals surface area (Å²) in [6.45, 7) is 1.89. The van der Waals surface area contributed by atoms with Gasteiger partial charge in [-0.15, -0.1) is 23.1 Å². The number of benzene rings is 1. The fourth-order valence-electron chi connectivity index (χ4n) is 1.68. The Morgan fingerprint density at radius 2 is 2.14 bits per heavy atom. The van der Waals surface area contributed by atoms with Crippen molar-refractivity contribution < 1.29 is 9.59 Å². The van der Waals surface area contributed by atoms with Gasteiger partial charge in [0.15, 0.2) is 5.13 Å². The molecule has 0 atom stereocenters. The van der Waals surface area contributed by atoms with Gasteiger partial charge in [-0.3, -0.25) is 14.9 Å². The average molecular weight is 321 g/mol. The Morgan fingerprint density at radius 1 is 1.38 bits per heavy atom. The average Bonchev–Trinajstić information content (AvgIpc) is 2.86. The Balaban J connectivity index is 1.95. The molecule has 0 saturated heterocycles. The van der Waals surface area contributed by atoms with Gasteiger partial charge in [0.1, 0.15) is 0 Å². The molecule has 2 amide bonds. The predicted molar refractivity (Wildman–Crippen MR) is 86.6 cm³/mol. The molecule has 0 aliphatic rings. The summed E-state index contributed by atoms with van der Waals surface area (Å²) in [6.07, 6.45) is 0. The van der Waals surface area contributed by atoms with Crippen LogP contribution in [0.2, 0.25) is 0 Å². The number of nitrogens with two attached hydrogens (primary N) is 1. The molecule has 1 aromatic heterocycles. The molecule has 7 heteroatoms. The molecule has 2 aromatic rings. The lowest BCUT2D eigenvalue weighted by molar-refractivity contribution is -0.115. The number of nitrogens with zero attached hydrogens (tertiary/aromatic N) is 1. The number of thioether (sulfide) groups is 1. The van der Waals surface area contributed by atoms with Crippen LogP contribution in [0.5, 0.6) is 0 Å². The van der Waals surface area contributed by atoms with Crippen molar-refractivity contribution in [2.75, 3.05) is 11.1 Å². The van der Waals surface area contributed by atoms with Gasteiger partial charge in [-0.1, -0.05) is 18.2 Å². The van der Waals surface area contributed by atoms with Crippen molar-refractivity contribution in [1.82, 2.24) is 4.98 Å². The SMILES string of the molecule is Cc1ccccc1C(=O)Nc1nc(CSCC(N)=O)cs1. The molecule has 5 nitrogen and oxygen atoms in total. The summed E-state index contributed by atoms with van der Waals surface area (Å²) in [6, 6.07) is 7.39. The van der Waals surface area contributed by atoms with Crippen LogP contribution in [0.1, 0.15) is 21.6 Å². The summed E-state index contributed by atoms with van der Waals surface area (Å²) in [4.78, 5) is 27.1. The number of aryl methyl sites for hydroxylation is 1. The smallest absolute Gasteiger partial charge is 0.257 e. The fourth-order valence-corrected chi connectivity index (χ4v) is 3.15. The highest BCUT2D eigenvalue weighted by Crippen LogP contribution is 2.20. The maximum Gasteiger partial charge on any atom is 0.257 e. The van der Waals surface area contributed by atoms with Crippen molar-refractivity contribution in [3.8, 4) is 0 Å². The number of aromatic nitrogens is 1. The highest BCUT2D eigenvalue weighted by atomic mass is 32.2. The largest absolute Gasteiger partial charge is 0.369 e.